The van der Waals surface area contributed by atoms with E-state index in [9.17, 15) is 0 Å². The van der Waals surface area contributed by atoms with Gasteiger partial charge in [0.1, 0.15) is 0 Å². The summed E-state index contributed by atoms with van der Waals surface area (Å²) < 4.78 is 0. The fraction of sp³-hybridized carbons (Fsp3) is 0.0189. The van der Waals surface area contributed by atoms with Crippen molar-refractivity contribution in [3.63, 3.8) is 0 Å². The highest BCUT2D eigenvalue weighted by molar-refractivity contribution is 6.03. The van der Waals surface area contributed by atoms with Crippen LogP contribution in [0.1, 0.15) is 22.3 Å². The van der Waals surface area contributed by atoms with E-state index in [1.54, 1.807) is 0 Å². The molecule has 54 heavy (non-hydrogen) atoms. The largest absolute Gasteiger partial charge is 0.309 e. The van der Waals surface area contributed by atoms with Gasteiger partial charge in [-0.1, -0.05) is 200 Å². The third kappa shape index (κ3) is 5.09. The molecule has 1 heteroatoms. The maximum atomic E-state index is 2.49. The second kappa shape index (κ2) is 13.2. The lowest BCUT2D eigenvalue weighted by Gasteiger charge is -2.34. The summed E-state index contributed by atoms with van der Waals surface area (Å²) in [6.45, 7) is 0. The molecule has 1 aliphatic rings. The Morgan fingerprint density at radius 1 is 0.333 bits per heavy atom. The van der Waals surface area contributed by atoms with Crippen molar-refractivity contribution >= 4 is 27.8 Å². The monoisotopic (exact) mass is 687 g/mol. The third-order valence-corrected chi connectivity index (χ3v) is 11.1. The molecule has 10 rings (SSSR count). The van der Waals surface area contributed by atoms with Crippen LogP contribution in [0.15, 0.2) is 224 Å². The Morgan fingerprint density at radius 2 is 0.833 bits per heavy atom. The van der Waals surface area contributed by atoms with Crippen LogP contribution in [-0.2, 0) is 5.41 Å². The van der Waals surface area contributed by atoms with E-state index in [0.29, 0.717) is 0 Å². The SMILES string of the molecule is c1ccc(-c2ccc(-c3cccc(N(c4cccc5c4-c4ccccc4C5(c4ccccc4)c4ccccc4)c4cccc5ccccc45)c3)cc2)cc1. The zero-order valence-corrected chi connectivity index (χ0v) is 29.8. The van der Waals surface area contributed by atoms with Crippen molar-refractivity contribution in [3.8, 4) is 33.4 Å². The van der Waals surface area contributed by atoms with Gasteiger partial charge >= 0.3 is 0 Å². The predicted octanol–water partition coefficient (Wildman–Crippen LogP) is 14.0. The van der Waals surface area contributed by atoms with Crippen LogP contribution in [0.2, 0.25) is 0 Å². The molecule has 0 atom stereocenters. The van der Waals surface area contributed by atoms with Crippen molar-refractivity contribution in [2.45, 2.75) is 5.41 Å². The molecule has 0 aromatic heterocycles. The van der Waals surface area contributed by atoms with E-state index < -0.39 is 5.41 Å². The minimum atomic E-state index is -0.489. The number of fused-ring (bicyclic) bond motifs is 4. The Balaban J connectivity index is 1.23. The summed E-state index contributed by atoms with van der Waals surface area (Å²) in [6.07, 6.45) is 0. The van der Waals surface area contributed by atoms with Crippen molar-refractivity contribution in [1.29, 1.82) is 0 Å². The second-order valence-corrected chi connectivity index (χ2v) is 14.1. The Morgan fingerprint density at radius 3 is 1.57 bits per heavy atom. The van der Waals surface area contributed by atoms with Crippen molar-refractivity contribution in [2.24, 2.45) is 0 Å². The van der Waals surface area contributed by atoms with Gasteiger partial charge in [0.05, 0.1) is 16.8 Å². The molecule has 0 N–H and O–H groups in total. The van der Waals surface area contributed by atoms with E-state index in [1.807, 2.05) is 0 Å². The van der Waals surface area contributed by atoms with E-state index in [2.05, 4.69) is 229 Å². The summed E-state index contributed by atoms with van der Waals surface area (Å²) in [5.41, 5.74) is 15.3. The average molecular weight is 688 g/mol. The zero-order chi connectivity index (χ0) is 35.9. The zero-order valence-electron chi connectivity index (χ0n) is 29.8. The van der Waals surface area contributed by atoms with E-state index in [4.69, 9.17) is 0 Å². The molecule has 0 saturated heterocycles. The van der Waals surface area contributed by atoms with E-state index in [0.717, 1.165) is 17.1 Å². The molecule has 0 spiro atoms. The summed E-state index contributed by atoms with van der Waals surface area (Å²) in [5.74, 6) is 0. The molecule has 0 unspecified atom stereocenters. The Hall–Kier alpha value is -6.96. The molecule has 1 aliphatic carbocycles. The summed E-state index contributed by atoms with van der Waals surface area (Å²) in [7, 11) is 0. The van der Waals surface area contributed by atoms with Crippen LogP contribution in [-0.4, -0.2) is 0 Å². The van der Waals surface area contributed by atoms with Gasteiger partial charge in [0.15, 0.2) is 0 Å². The van der Waals surface area contributed by atoms with Crippen molar-refractivity contribution in [1.82, 2.24) is 0 Å². The van der Waals surface area contributed by atoms with E-state index >= 15 is 0 Å². The number of hydrogen-bond acceptors (Lipinski definition) is 1. The molecular formula is C53H37N. The van der Waals surface area contributed by atoms with Gasteiger partial charge in [0.25, 0.3) is 0 Å². The van der Waals surface area contributed by atoms with Crippen LogP contribution >= 0.6 is 0 Å². The molecule has 254 valence electrons. The molecule has 0 fully saturated rings. The minimum absolute atomic E-state index is 0.489. The molecule has 0 bridgehead atoms. The lowest BCUT2D eigenvalue weighted by molar-refractivity contribution is 0.768. The standard InChI is InChI=1S/C53H37N/c1-4-17-38(18-5-1)39-33-35-40(36-34-39)42-21-14-26-45(37-42)54(50-31-15-20-41-19-10-11-27-46(41)50)51-32-16-30-49-52(51)47-28-12-13-29-48(47)53(49,43-22-6-2-7-23-43)44-24-8-3-9-25-44/h1-37H. The van der Waals surface area contributed by atoms with Gasteiger partial charge in [-0.3, -0.25) is 0 Å². The maximum absolute atomic E-state index is 2.49. The quantitative estimate of drug-likeness (QED) is 0.161. The topological polar surface area (TPSA) is 3.24 Å². The average Bonchev–Trinajstić information content (AvgIpc) is 3.57. The molecule has 9 aromatic carbocycles. The fourth-order valence-corrected chi connectivity index (χ4v) is 8.78. The first-order chi connectivity index (χ1) is 26.8. The molecule has 0 heterocycles. The van der Waals surface area contributed by atoms with Gasteiger partial charge in [0, 0.05) is 16.6 Å². The van der Waals surface area contributed by atoms with Crippen LogP contribution in [0, 0.1) is 0 Å². The van der Waals surface area contributed by atoms with Crippen molar-refractivity contribution in [2.75, 3.05) is 4.90 Å². The summed E-state index contributed by atoms with van der Waals surface area (Å²) in [4.78, 5) is 2.49. The van der Waals surface area contributed by atoms with Crippen LogP contribution in [0.3, 0.4) is 0 Å². The molecule has 1 nitrogen and oxygen atoms in total. The van der Waals surface area contributed by atoms with E-state index in [1.165, 1.54) is 66.4 Å². The van der Waals surface area contributed by atoms with Crippen LogP contribution in [0.4, 0.5) is 17.1 Å². The second-order valence-electron chi connectivity index (χ2n) is 14.1. The number of rotatable bonds is 7. The molecule has 9 aromatic rings. The highest BCUT2D eigenvalue weighted by Crippen LogP contribution is 2.59. The summed E-state index contributed by atoms with van der Waals surface area (Å²) in [5, 5.41) is 2.42. The summed E-state index contributed by atoms with van der Waals surface area (Å²) >= 11 is 0. The van der Waals surface area contributed by atoms with Gasteiger partial charge in [-0.05, 0) is 79.7 Å². The fourth-order valence-electron chi connectivity index (χ4n) is 8.78. The third-order valence-electron chi connectivity index (χ3n) is 11.1. The summed E-state index contributed by atoms with van der Waals surface area (Å²) in [6, 6.07) is 82.0. The molecule has 0 saturated carbocycles. The van der Waals surface area contributed by atoms with Gasteiger partial charge in [0.2, 0.25) is 0 Å². The first-order valence-electron chi connectivity index (χ1n) is 18.7. The number of benzene rings is 9. The Labute approximate surface area is 317 Å². The van der Waals surface area contributed by atoms with Crippen LogP contribution in [0.5, 0.6) is 0 Å². The maximum Gasteiger partial charge on any atom is 0.0714 e. The lowest BCUT2D eigenvalue weighted by atomic mass is 9.68. The smallest absolute Gasteiger partial charge is 0.0714 e. The van der Waals surface area contributed by atoms with Crippen molar-refractivity contribution in [3.05, 3.63) is 247 Å². The molecular weight excluding hydrogens is 651 g/mol. The van der Waals surface area contributed by atoms with Gasteiger partial charge in [-0.2, -0.15) is 0 Å². The van der Waals surface area contributed by atoms with Gasteiger partial charge in [-0.15, -0.1) is 0 Å². The molecule has 0 radical (unpaired) electrons. The van der Waals surface area contributed by atoms with Gasteiger partial charge < -0.3 is 4.90 Å². The number of nitrogens with zero attached hydrogens (tertiary/aromatic N) is 1. The highest BCUT2D eigenvalue weighted by Gasteiger charge is 2.47. The number of anilines is 3. The predicted molar refractivity (Wildman–Crippen MR) is 227 cm³/mol. The number of hydrogen-bond donors (Lipinski definition) is 0. The lowest BCUT2D eigenvalue weighted by Crippen LogP contribution is -2.28. The van der Waals surface area contributed by atoms with Crippen molar-refractivity contribution < 1.29 is 0 Å². The normalized spacial score (nSPS) is 12.6. The molecule has 0 amide bonds. The molecule has 0 aliphatic heterocycles. The first-order valence-corrected chi connectivity index (χ1v) is 18.7. The Kier molecular flexibility index (Phi) is 7.78. The van der Waals surface area contributed by atoms with E-state index in [-0.39, 0.29) is 0 Å². The van der Waals surface area contributed by atoms with Crippen LogP contribution in [0.25, 0.3) is 44.2 Å². The minimum Gasteiger partial charge on any atom is -0.309 e. The first kappa shape index (κ1) is 31.7. The van der Waals surface area contributed by atoms with Gasteiger partial charge in [-0.25, -0.2) is 0 Å². The highest BCUT2D eigenvalue weighted by atomic mass is 15.1. The Bertz CT molecular complexity index is 2700. The van der Waals surface area contributed by atoms with Crippen LogP contribution < -0.4 is 4.90 Å².